The highest BCUT2D eigenvalue weighted by atomic mass is 32.2. The van der Waals surface area contributed by atoms with Gasteiger partial charge in [0.1, 0.15) is 0 Å². The van der Waals surface area contributed by atoms with Gasteiger partial charge in [0.2, 0.25) is 0 Å². The number of nitrogens with zero attached hydrogens (tertiary/aromatic N) is 1. The average molecular weight is 205 g/mol. The number of fused-ring (bicyclic) bond motifs is 1. The Balaban J connectivity index is 2.47. The van der Waals surface area contributed by atoms with Gasteiger partial charge in [-0.25, -0.2) is 0 Å². The molecule has 0 saturated heterocycles. The molecule has 0 aliphatic heterocycles. The Bertz CT molecular complexity index is 369. The van der Waals surface area contributed by atoms with Crippen molar-refractivity contribution in [3.05, 3.63) is 34.0 Å². The molecule has 14 heavy (non-hydrogen) atoms. The number of aromatic nitrogens is 1. The molecule has 0 N–H and O–H groups in total. The van der Waals surface area contributed by atoms with Crippen LogP contribution in [0.1, 0.15) is 29.7 Å². The minimum atomic E-state index is 1.18. The fourth-order valence-electron chi connectivity index (χ4n) is 1.92. The number of rotatable bonds is 1. The lowest BCUT2D eigenvalue weighted by molar-refractivity contribution is 0.833. The topological polar surface area (TPSA) is 12.9 Å². The molecule has 1 aromatic heterocycles. The van der Waals surface area contributed by atoms with E-state index in [1.807, 2.05) is 18.0 Å². The van der Waals surface area contributed by atoms with Gasteiger partial charge in [-0.3, -0.25) is 4.98 Å². The predicted octanol–water partition coefficient (Wildman–Crippen LogP) is 3.43. The Hall–Kier alpha value is -0.760. The molecule has 1 heterocycles. The molecular weight excluding hydrogens is 190 g/mol. The van der Waals surface area contributed by atoms with Gasteiger partial charge in [0, 0.05) is 11.9 Å². The van der Waals surface area contributed by atoms with Gasteiger partial charge in [0.15, 0.2) is 0 Å². The van der Waals surface area contributed by atoms with Crippen molar-refractivity contribution >= 4 is 17.8 Å². The van der Waals surface area contributed by atoms with Crippen LogP contribution in [0.5, 0.6) is 0 Å². The maximum absolute atomic E-state index is 4.35. The van der Waals surface area contributed by atoms with E-state index >= 15 is 0 Å². The molecule has 0 saturated carbocycles. The molecule has 0 bridgehead atoms. The van der Waals surface area contributed by atoms with E-state index in [2.05, 4.69) is 30.3 Å². The molecule has 0 amide bonds. The molecule has 74 valence electrons. The van der Waals surface area contributed by atoms with Crippen molar-refractivity contribution in [2.75, 3.05) is 6.26 Å². The molecule has 0 fully saturated rings. The van der Waals surface area contributed by atoms with E-state index < -0.39 is 0 Å². The second-order valence-electron chi connectivity index (χ2n) is 3.63. The SMILES string of the molecule is CSC1=Cc2ccnc(C)c2CCC1. The highest BCUT2D eigenvalue weighted by Crippen LogP contribution is 2.28. The van der Waals surface area contributed by atoms with E-state index in [1.165, 1.54) is 41.0 Å². The summed E-state index contributed by atoms with van der Waals surface area (Å²) < 4.78 is 0. The van der Waals surface area contributed by atoms with E-state index in [9.17, 15) is 0 Å². The van der Waals surface area contributed by atoms with Gasteiger partial charge >= 0.3 is 0 Å². The fraction of sp³-hybridized carbons (Fsp3) is 0.417. The van der Waals surface area contributed by atoms with Gasteiger partial charge in [-0.05, 0) is 60.6 Å². The highest BCUT2D eigenvalue weighted by molar-refractivity contribution is 8.02. The summed E-state index contributed by atoms with van der Waals surface area (Å²) in [7, 11) is 0. The van der Waals surface area contributed by atoms with Gasteiger partial charge < -0.3 is 0 Å². The van der Waals surface area contributed by atoms with Gasteiger partial charge in [-0.1, -0.05) is 0 Å². The minimum Gasteiger partial charge on any atom is -0.261 e. The zero-order valence-electron chi connectivity index (χ0n) is 8.71. The summed E-state index contributed by atoms with van der Waals surface area (Å²) >= 11 is 1.87. The summed E-state index contributed by atoms with van der Waals surface area (Å²) in [6, 6.07) is 2.13. The van der Waals surface area contributed by atoms with Crippen LogP contribution in [-0.4, -0.2) is 11.2 Å². The Kier molecular flexibility index (Phi) is 2.92. The van der Waals surface area contributed by atoms with E-state index in [1.54, 1.807) is 0 Å². The van der Waals surface area contributed by atoms with Crippen molar-refractivity contribution < 1.29 is 0 Å². The molecule has 2 heteroatoms. The fourth-order valence-corrected chi connectivity index (χ4v) is 2.52. The van der Waals surface area contributed by atoms with E-state index in [-0.39, 0.29) is 0 Å². The lowest BCUT2D eigenvalue weighted by atomic mass is 10.0. The van der Waals surface area contributed by atoms with Gasteiger partial charge in [-0.15, -0.1) is 11.8 Å². The summed E-state index contributed by atoms with van der Waals surface area (Å²) in [5, 5.41) is 0. The molecular formula is C12H15NS. The van der Waals surface area contributed by atoms with Crippen LogP contribution in [0.15, 0.2) is 17.2 Å². The molecule has 1 nitrogen and oxygen atoms in total. The molecule has 1 aromatic rings. The summed E-state index contributed by atoms with van der Waals surface area (Å²) in [4.78, 5) is 5.84. The lowest BCUT2D eigenvalue weighted by Gasteiger charge is -2.05. The molecule has 0 radical (unpaired) electrons. The lowest BCUT2D eigenvalue weighted by Crippen LogP contribution is -1.94. The Morgan fingerprint density at radius 1 is 1.36 bits per heavy atom. The summed E-state index contributed by atoms with van der Waals surface area (Å²) in [6.07, 6.45) is 10.0. The van der Waals surface area contributed by atoms with E-state index in [4.69, 9.17) is 0 Å². The molecule has 0 unspecified atom stereocenters. The molecule has 0 spiro atoms. The van der Waals surface area contributed by atoms with Crippen molar-refractivity contribution in [2.24, 2.45) is 0 Å². The van der Waals surface area contributed by atoms with E-state index in [0.29, 0.717) is 0 Å². The van der Waals surface area contributed by atoms with Crippen LogP contribution in [0.3, 0.4) is 0 Å². The zero-order chi connectivity index (χ0) is 9.97. The smallest absolute Gasteiger partial charge is 0.0410 e. The van der Waals surface area contributed by atoms with Crippen LogP contribution in [0.4, 0.5) is 0 Å². The number of hydrogen-bond donors (Lipinski definition) is 0. The van der Waals surface area contributed by atoms with E-state index in [0.717, 1.165) is 0 Å². The third-order valence-corrected chi connectivity index (χ3v) is 3.58. The maximum atomic E-state index is 4.35. The third kappa shape index (κ3) is 1.85. The average Bonchev–Trinajstić information content (AvgIpc) is 2.40. The van der Waals surface area contributed by atoms with Crippen molar-refractivity contribution in [1.29, 1.82) is 0 Å². The minimum absolute atomic E-state index is 1.18. The van der Waals surface area contributed by atoms with Gasteiger partial charge in [-0.2, -0.15) is 0 Å². The monoisotopic (exact) mass is 205 g/mol. The first-order valence-corrected chi connectivity index (χ1v) is 6.23. The molecule has 1 aliphatic carbocycles. The van der Waals surface area contributed by atoms with Crippen molar-refractivity contribution in [1.82, 2.24) is 4.98 Å². The van der Waals surface area contributed by atoms with Crippen LogP contribution in [0.25, 0.3) is 6.08 Å². The Morgan fingerprint density at radius 3 is 3.00 bits per heavy atom. The highest BCUT2D eigenvalue weighted by Gasteiger charge is 2.10. The second kappa shape index (κ2) is 4.18. The number of pyridine rings is 1. The quantitative estimate of drug-likeness (QED) is 0.696. The third-order valence-electron chi connectivity index (χ3n) is 2.74. The molecule has 0 aromatic carbocycles. The number of allylic oxidation sites excluding steroid dienone is 1. The summed E-state index contributed by atoms with van der Waals surface area (Å²) in [5.41, 5.74) is 4.01. The summed E-state index contributed by atoms with van der Waals surface area (Å²) in [6.45, 7) is 2.11. The van der Waals surface area contributed by atoms with Crippen LogP contribution >= 0.6 is 11.8 Å². The van der Waals surface area contributed by atoms with Gasteiger partial charge in [0.25, 0.3) is 0 Å². The van der Waals surface area contributed by atoms with Crippen LogP contribution in [0.2, 0.25) is 0 Å². The number of hydrogen-bond acceptors (Lipinski definition) is 2. The zero-order valence-corrected chi connectivity index (χ0v) is 9.53. The number of aryl methyl sites for hydroxylation is 1. The molecule has 2 rings (SSSR count). The predicted molar refractivity (Wildman–Crippen MR) is 63.4 cm³/mol. The maximum Gasteiger partial charge on any atom is 0.0410 e. The first-order valence-electron chi connectivity index (χ1n) is 5.00. The standard InChI is InChI=1S/C12H15NS/c1-9-12-5-3-4-11(14-2)8-10(12)6-7-13-9/h6-8H,3-5H2,1-2H3. The Morgan fingerprint density at radius 2 is 2.21 bits per heavy atom. The summed E-state index contributed by atoms with van der Waals surface area (Å²) in [5.74, 6) is 0. The van der Waals surface area contributed by atoms with Crippen molar-refractivity contribution in [3.8, 4) is 0 Å². The van der Waals surface area contributed by atoms with Crippen LogP contribution in [-0.2, 0) is 6.42 Å². The van der Waals surface area contributed by atoms with Crippen molar-refractivity contribution in [3.63, 3.8) is 0 Å². The molecule has 0 atom stereocenters. The van der Waals surface area contributed by atoms with Crippen molar-refractivity contribution in [2.45, 2.75) is 26.2 Å². The molecule has 1 aliphatic rings. The number of thioether (sulfide) groups is 1. The van der Waals surface area contributed by atoms with Gasteiger partial charge in [0.05, 0.1) is 0 Å². The first kappa shape index (κ1) is 9.78. The Labute approximate surface area is 89.6 Å². The normalized spacial score (nSPS) is 15.7. The van der Waals surface area contributed by atoms with Crippen LogP contribution in [0, 0.1) is 6.92 Å². The van der Waals surface area contributed by atoms with Crippen LogP contribution < -0.4 is 0 Å². The first-order chi connectivity index (χ1) is 6.81. The second-order valence-corrected chi connectivity index (χ2v) is 4.57. The largest absolute Gasteiger partial charge is 0.261 e.